The number of aromatic carboxylic acids is 1. The van der Waals surface area contributed by atoms with Crippen molar-refractivity contribution in [3.8, 4) is 12.3 Å². The van der Waals surface area contributed by atoms with Crippen LogP contribution < -0.4 is 5.32 Å². The quantitative estimate of drug-likeness (QED) is 0.744. The molecule has 0 spiro atoms. The molecule has 0 aromatic carbocycles. The number of carboxylic acids is 1. The molecule has 3 heterocycles. The molecular weight excluding hydrogens is 310 g/mol. The van der Waals surface area contributed by atoms with Gasteiger partial charge in [0.2, 0.25) is 5.91 Å². The second kappa shape index (κ2) is 6.43. The summed E-state index contributed by atoms with van der Waals surface area (Å²) in [6, 6.07) is 1.33. The molecule has 1 amide bonds. The van der Waals surface area contributed by atoms with E-state index < -0.39 is 11.6 Å². The Morgan fingerprint density at radius 3 is 2.92 bits per heavy atom. The summed E-state index contributed by atoms with van der Waals surface area (Å²) < 4.78 is 1.66. The lowest BCUT2D eigenvalue weighted by molar-refractivity contribution is -0.122. The van der Waals surface area contributed by atoms with E-state index in [4.69, 9.17) is 11.5 Å². The highest BCUT2D eigenvalue weighted by Gasteiger charge is 2.39. The number of rotatable bonds is 7. The number of hydrogen-bond acceptors (Lipinski definition) is 5. The maximum Gasteiger partial charge on any atom is 0.356 e. The second-order valence-corrected chi connectivity index (χ2v) is 6.13. The number of fused-ring (bicyclic) bond motifs is 1. The Kier molecular flexibility index (Phi) is 4.34. The molecule has 1 unspecified atom stereocenters. The van der Waals surface area contributed by atoms with Gasteiger partial charge < -0.3 is 10.4 Å². The van der Waals surface area contributed by atoms with E-state index in [1.807, 2.05) is 0 Å². The monoisotopic (exact) mass is 329 g/mol. The van der Waals surface area contributed by atoms with Gasteiger partial charge in [0, 0.05) is 32.2 Å². The molecule has 0 fully saturated rings. The number of carbonyl (C=O) groups is 2. The standard InChI is InChI=1S/C16H19N5O3/c1-2-3-7-16(19-20-16)8-6-14(22)17-11-5-4-9-21-13(11)10-12(18-21)15(23)24/h1,10-11H,3-9H2,(H,17,22)(H,23,24). The van der Waals surface area contributed by atoms with Gasteiger partial charge in [0.25, 0.3) is 0 Å². The molecule has 0 saturated heterocycles. The van der Waals surface area contributed by atoms with Crippen LogP contribution in [0.25, 0.3) is 0 Å². The third-order valence-corrected chi connectivity index (χ3v) is 4.39. The second-order valence-electron chi connectivity index (χ2n) is 6.13. The van der Waals surface area contributed by atoms with E-state index in [-0.39, 0.29) is 17.6 Å². The number of carboxylic acid groups (broad SMARTS) is 1. The molecule has 0 aliphatic carbocycles. The molecule has 2 N–H and O–H groups in total. The van der Waals surface area contributed by atoms with Crippen LogP contribution in [0, 0.1) is 12.3 Å². The largest absolute Gasteiger partial charge is 0.476 e. The summed E-state index contributed by atoms with van der Waals surface area (Å²) in [4.78, 5) is 23.3. The van der Waals surface area contributed by atoms with Crippen LogP contribution in [0.4, 0.5) is 0 Å². The van der Waals surface area contributed by atoms with E-state index in [0.29, 0.717) is 32.2 Å². The average molecular weight is 329 g/mol. The molecule has 1 atom stereocenters. The van der Waals surface area contributed by atoms with Crippen LogP contribution in [0.3, 0.4) is 0 Å². The molecule has 8 heteroatoms. The topological polar surface area (TPSA) is 109 Å². The van der Waals surface area contributed by atoms with Crippen molar-refractivity contribution in [1.82, 2.24) is 15.1 Å². The molecule has 1 aromatic heterocycles. The molecular formula is C16H19N5O3. The van der Waals surface area contributed by atoms with Crippen molar-refractivity contribution in [2.24, 2.45) is 10.2 Å². The zero-order chi connectivity index (χ0) is 17.2. The van der Waals surface area contributed by atoms with Crippen LogP contribution >= 0.6 is 0 Å². The Hall–Kier alpha value is -2.69. The molecule has 0 radical (unpaired) electrons. The van der Waals surface area contributed by atoms with Gasteiger partial charge in [-0.15, -0.1) is 12.3 Å². The van der Waals surface area contributed by atoms with Crippen LogP contribution in [0.1, 0.15) is 60.7 Å². The first-order chi connectivity index (χ1) is 11.5. The van der Waals surface area contributed by atoms with E-state index in [1.54, 1.807) is 4.68 Å². The zero-order valence-corrected chi connectivity index (χ0v) is 13.2. The van der Waals surface area contributed by atoms with Crippen molar-refractivity contribution in [2.75, 3.05) is 0 Å². The fourth-order valence-corrected chi connectivity index (χ4v) is 2.98. The van der Waals surface area contributed by atoms with E-state index in [1.165, 1.54) is 6.07 Å². The number of nitrogens with zero attached hydrogens (tertiary/aromatic N) is 4. The summed E-state index contributed by atoms with van der Waals surface area (Å²) in [5, 5.41) is 24.1. The first kappa shape index (κ1) is 16.2. The summed E-state index contributed by atoms with van der Waals surface area (Å²) in [5.74, 6) is 1.41. The minimum absolute atomic E-state index is 0.00923. The van der Waals surface area contributed by atoms with Gasteiger partial charge in [-0.25, -0.2) is 4.79 Å². The molecule has 126 valence electrons. The number of hydrogen-bond donors (Lipinski definition) is 2. The lowest BCUT2D eigenvalue weighted by atomic mass is 10.0. The number of amides is 1. The lowest BCUT2D eigenvalue weighted by Gasteiger charge is -2.24. The van der Waals surface area contributed by atoms with Gasteiger partial charge in [0.15, 0.2) is 11.4 Å². The summed E-state index contributed by atoms with van der Waals surface area (Å²) in [7, 11) is 0. The fraction of sp³-hybridized carbons (Fsp3) is 0.562. The lowest BCUT2D eigenvalue weighted by Crippen LogP contribution is -2.33. The van der Waals surface area contributed by atoms with Crippen molar-refractivity contribution in [3.05, 3.63) is 17.5 Å². The van der Waals surface area contributed by atoms with Gasteiger partial charge in [-0.1, -0.05) is 0 Å². The van der Waals surface area contributed by atoms with Crippen molar-refractivity contribution in [2.45, 2.75) is 56.8 Å². The molecule has 1 aromatic rings. The van der Waals surface area contributed by atoms with E-state index >= 15 is 0 Å². The van der Waals surface area contributed by atoms with E-state index in [9.17, 15) is 9.59 Å². The first-order valence-electron chi connectivity index (χ1n) is 8.01. The molecule has 0 saturated carbocycles. The van der Waals surface area contributed by atoms with Gasteiger partial charge in [-0.05, 0) is 18.9 Å². The molecule has 2 aliphatic heterocycles. The van der Waals surface area contributed by atoms with Gasteiger partial charge in [-0.3, -0.25) is 9.48 Å². The highest BCUT2D eigenvalue weighted by atomic mass is 16.4. The number of terminal acetylenes is 1. The smallest absolute Gasteiger partial charge is 0.356 e. The Morgan fingerprint density at radius 1 is 1.46 bits per heavy atom. The van der Waals surface area contributed by atoms with Crippen LogP contribution in [0.5, 0.6) is 0 Å². The van der Waals surface area contributed by atoms with Crippen molar-refractivity contribution in [1.29, 1.82) is 0 Å². The average Bonchev–Trinajstić information content (AvgIpc) is 3.19. The summed E-state index contributed by atoms with van der Waals surface area (Å²) >= 11 is 0. The SMILES string of the molecule is C#CCCC1(CCC(=O)NC2CCCn3nc(C(=O)O)cc32)N=N1. The predicted molar refractivity (Wildman–Crippen MR) is 84.2 cm³/mol. The Morgan fingerprint density at radius 2 is 2.25 bits per heavy atom. The maximum atomic E-state index is 12.2. The first-order valence-corrected chi connectivity index (χ1v) is 8.01. The minimum atomic E-state index is -1.06. The van der Waals surface area contributed by atoms with Gasteiger partial charge in [0.1, 0.15) is 0 Å². The zero-order valence-electron chi connectivity index (χ0n) is 13.2. The summed E-state index contributed by atoms with van der Waals surface area (Å²) in [6.07, 6.45) is 8.99. The Balaban J connectivity index is 1.56. The number of carbonyl (C=O) groups excluding carboxylic acids is 1. The van der Waals surface area contributed by atoms with Crippen LogP contribution in [-0.2, 0) is 11.3 Å². The Labute approximate surface area is 139 Å². The molecule has 8 nitrogen and oxygen atoms in total. The van der Waals surface area contributed by atoms with E-state index in [0.717, 1.165) is 18.5 Å². The van der Waals surface area contributed by atoms with Crippen LogP contribution in [0.15, 0.2) is 16.3 Å². The molecule has 0 bridgehead atoms. The normalized spacial score (nSPS) is 20.0. The molecule has 3 rings (SSSR count). The highest BCUT2D eigenvalue weighted by Crippen LogP contribution is 2.37. The third-order valence-electron chi connectivity index (χ3n) is 4.39. The Bertz CT molecular complexity index is 725. The number of aryl methyl sites for hydroxylation is 1. The van der Waals surface area contributed by atoms with Crippen molar-refractivity contribution in [3.63, 3.8) is 0 Å². The molecule has 2 aliphatic rings. The third kappa shape index (κ3) is 3.45. The molecule has 24 heavy (non-hydrogen) atoms. The van der Waals surface area contributed by atoms with E-state index in [2.05, 4.69) is 26.6 Å². The maximum absolute atomic E-state index is 12.2. The van der Waals surface area contributed by atoms with Gasteiger partial charge in [0.05, 0.1) is 11.7 Å². The van der Waals surface area contributed by atoms with Gasteiger partial charge >= 0.3 is 5.97 Å². The highest BCUT2D eigenvalue weighted by molar-refractivity contribution is 5.85. The van der Waals surface area contributed by atoms with Crippen molar-refractivity contribution < 1.29 is 14.7 Å². The van der Waals surface area contributed by atoms with Crippen molar-refractivity contribution >= 4 is 11.9 Å². The summed E-state index contributed by atoms with van der Waals surface area (Å²) in [6.45, 7) is 0.669. The number of nitrogens with one attached hydrogen (secondary N) is 1. The summed E-state index contributed by atoms with van der Waals surface area (Å²) in [5.41, 5.74) is 0.291. The minimum Gasteiger partial charge on any atom is -0.476 e. The fourth-order valence-electron chi connectivity index (χ4n) is 2.98. The van der Waals surface area contributed by atoms with Crippen LogP contribution in [-0.4, -0.2) is 32.4 Å². The number of aromatic nitrogens is 2. The predicted octanol–water partition coefficient (Wildman–Crippen LogP) is 1.89. The van der Waals surface area contributed by atoms with Crippen LogP contribution in [0.2, 0.25) is 0 Å². The van der Waals surface area contributed by atoms with Gasteiger partial charge in [-0.2, -0.15) is 15.3 Å².